The maximum Gasteiger partial charge on any atom is 0.224 e. The molecule has 2 aromatic heterocycles. The molecular formula is C19H22N4O2. The van der Waals surface area contributed by atoms with Crippen LogP contribution in [0, 0.1) is 6.92 Å². The van der Waals surface area contributed by atoms with Gasteiger partial charge in [-0.25, -0.2) is 0 Å². The van der Waals surface area contributed by atoms with Crippen molar-refractivity contribution in [3.8, 4) is 0 Å². The van der Waals surface area contributed by atoms with Gasteiger partial charge in [-0.3, -0.25) is 4.79 Å². The highest BCUT2D eigenvalue weighted by atomic mass is 16.3. The number of hydrogen-bond donors (Lipinski definition) is 1. The normalized spacial score (nSPS) is 16.8. The van der Waals surface area contributed by atoms with Crippen molar-refractivity contribution in [3.05, 3.63) is 47.2 Å². The second-order valence-corrected chi connectivity index (χ2v) is 6.74. The minimum atomic E-state index is 0.0304. The zero-order valence-corrected chi connectivity index (χ0v) is 14.6. The predicted molar refractivity (Wildman–Crippen MR) is 94.3 cm³/mol. The number of aromatic nitrogens is 3. The van der Waals surface area contributed by atoms with Crippen LogP contribution in [0.2, 0.25) is 0 Å². The highest BCUT2D eigenvalue weighted by Gasteiger charge is 2.23. The molecule has 25 heavy (non-hydrogen) atoms. The Labute approximate surface area is 146 Å². The summed E-state index contributed by atoms with van der Waals surface area (Å²) in [4.78, 5) is 12.5. The first-order valence-corrected chi connectivity index (χ1v) is 8.81. The van der Waals surface area contributed by atoms with E-state index in [1.165, 1.54) is 0 Å². The highest BCUT2D eigenvalue weighted by molar-refractivity contribution is 5.88. The molecule has 1 N–H and O–H groups in total. The molecule has 0 saturated heterocycles. The molecule has 1 aliphatic rings. The second-order valence-electron chi connectivity index (χ2n) is 6.74. The lowest BCUT2D eigenvalue weighted by molar-refractivity contribution is -0.121. The van der Waals surface area contributed by atoms with E-state index >= 15 is 0 Å². The number of carbonyl (C=O) groups excluding carboxylic acids is 1. The summed E-state index contributed by atoms with van der Waals surface area (Å²) in [6.45, 7) is 4.86. The molecule has 6 nitrogen and oxygen atoms in total. The third-order valence-electron chi connectivity index (χ3n) is 4.87. The Morgan fingerprint density at radius 1 is 1.40 bits per heavy atom. The first-order chi connectivity index (χ1) is 12.1. The summed E-state index contributed by atoms with van der Waals surface area (Å²) in [6.07, 6.45) is 4.64. The number of hydrogen-bond acceptors (Lipinski definition) is 4. The minimum absolute atomic E-state index is 0.0304. The van der Waals surface area contributed by atoms with Crippen LogP contribution in [0.4, 0.5) is 0 Å². The van der Waals surface area contributed by atoms with Crippen LogP contribution < -0.4 is 5.32 Å². The standard InChI is InChI=1S/C19H22N4O2/c1-3-17-21-22-18-7-5-14(10-23(17)18)20-19(24)9-13-11-25-16-8-12(2)4-6-15(13)16/h4,6,8,11,14H,3,5,7,9-10H2,1-2H3,(H,20,24)/t14-/m0/s1. The molecule has 130 valence electrons. The monoisotopic (exact) mass is 338 g/mol. The Balaban J connectivity index is 1.44. The molecule has 1 atom stereocenters. The Morgan fingerprint density at radius 2 is 2.28 bits per heavy atom. The van der Waals surface area contributed by atoms with E-state index in [4.69, 9.17) is 4.42 Å². The van der Waals surface area contributed by atoms with Crippen LogP contribution >= 0.6 is 0 Å². The number of carbonyl (C=O) groups is 1. The van der Waals surface area contributed by atoms with Crippen molar-refractivity contribution < 1.29 is 9.21 Å². The van der Waals surface area contributed by atoms with Gasteiger partial charge in [-0.15, -0.1) is 10.2 Å². The molecule has 0 bridgehead atoms. The number of aryl methyl sites for hydroxylation is 3. The van der Waals surface area contributed by atoms with Gasteiger partial charge in [0.15, 0.2) is 0 Å². The van der Waals surface area contributed by atoms with Crippen LogP contribution in [-0.4, -0.2) is 26.7 Å². The molecule has 4 rings (SSSR count). The van der Waals surface area contributed by atoms with E-state index in [-0.39, 0.29) is 11.9 Å². The summed E-state index contributed by atoms with van der Waals surface area (Å²) in [5, 5.41) is 12.6. The van der Waals surface area contributed by atoms with E-state index in [0.717, 1.165) is 59.6 Å². The summed E-state index contributed by atoms with van der Waals surface area (Å²) in [5.74, 6) is 2.05. The number of furan rings is 1. The van der Waals surface area contributed by atoms with Gasteiger partial charge in [-0.2, -0.15) is 0 Å². The zero-order chi connectivity index (χ0) is 17.4. The van der Waals surface area contributed by atoms with E-state index in [2.05, 4.69) is 27.0 Å². The molecule has 3 aromatic rings. The molecule has 0 unspecified atom stereocenters. The first kappa shape index (κ1) is 15.9. The Kier molecular flexibility index (Phi) is 4.03. The summed E-state index contributed by atoms with van der Waals surface area (Å²) in [6, 6.07) is 6.19. The molecule has 0 spiro atoms. The predicted octanol–water partition coefficient (Wildman–Crippen LogP) is 2.57. The van der Waals surface area contributed by atoms with Crippen molar-refractivity contribution in [2.24, 2.45) is 0 Å². The minimum Gasteiger partial charge on any atom is -0.464 e. The summed E-state index contributed by atoms with van der Waals surface area (Å²) < 4.78 is 7.73. The third-order valence-corrected chi connectivity index (χ3v) is 4.87. The molecule has 3 heterocycles. The van der Waals surface area contributed by atoms with Gasteiger partial charge in [-0.05, 0) is 25.0 Å². The van der Waals surface area contributed by atoms with Crippen molar-refractivity contribution >= 4 is 16.9 Å². The maximum absolute atomic E-state index is 12.5. The molecule has 0 fully saturated rings. The van der Waals surface area contributed by atoms with Crippen LogP contribution in [0.3, 0.4) is 0 Å². The largest absolute Gasteiger partial charge is 0.464 e. The lowest BCUT2D eigenvalue weighted by atomic mass is 10.1. The molecule has 1 amide bonds. The number of rotatable bonds is 4. The third kappa shape index (κ3) is 3.04. The van der Waals surface area contributed by atoms with Crippen LogP contribution in [0.1, 0.15) is 36.1 Å². The van der Waals surface area contributed by atoms with E-state index in [0.29, 0.717) is 6.42 Å². The molecule has 6 heteroatoms. The number of amides is 1. The lowest BCUT2D eigenvalue weighted by Gasteiger charge is -2.25. The fourth-order valence-corrected chi connectivity index (χ4v) is 3.54. The van der Waals surface area contributed by atoms with E-state index < -0.39 is 0 Å². The van der Waals surface area contributed by atoms with Gasteiger partial charge in [-0.1, -0.05) is 19.1 Å². The SMILES string of the molecule is CCc1nnc2n1C[C@@H](NC(=O)Cc1coc3cc(C)ccc13)CC2. The fraction of sp³-hybridized carbons (Fsp3) is 0.421. The number of nitrogens with one attached hydrogen (secondary N) is 1. The van der Waals surface area contributed by atoms with Crippen molar-refractivity contribution in [1.29, 1.82) is 0 Å². The summed E-state index contributed by atoms with van der Waals surface area (Å²) in [7, 11) is 0. The van der Waals surface area contributed by atoms with Crippen molar-refractivity contribution in [2.75, 3.05) is 0 Å². The first-order valence-electron chi connectivity index (χ1n) is 8.81. The molecule has 1 aromatic carbocycles. The molecule has 0 saturated carbocycles. The van der Waals surface area contributed by atoms with Crippen LogP contribution in [0.25, 0.3) is 11.0 Å². The van der Waals surface area contributed by atoms with Crippen LogP contribution in [0.5, 0.6) is 0 Å². The topological polar surface area (TPSA) is 73.0 Å². The van der Waals surface area contributed by atoms with Gasteiger partial charge in [0, 0.05) is 36.4 Å². The molecule has 0 aliphatic carbocycles. The molecular weight excluding hydrogens is 316 g/mol. The van der Waals surface area contributed by atoms with Crippen molar-refractivity contribution in [1.82, 2.24) is 20.1 Å². The fourth-order valence-electron chi connectivity index (χ4n) is 3.54. The number of benzene rings is 1. The highest BCUT2D eigenvalue weighted by Crippen LogP contribution is 2.23. The van der Waals surface area contributed by atoms with Crippen molar-refractivity contribution in [2.45, 2.75) is 52.1 Å². The van der Waals surface area contributed by atoms with Gasteiger partial charge in [0.1, 0.15) is 17.2 Å². The summed E-state index contributed by atoms with van der Waals surface area (Å²) in [5.41, 5.74) is 2.92. The van der Waals surface area contributed by atoms with E-state index in [9.17, 15) is 4.79 Å². The number of nitrogens with zero attached hydrogens (tertiary/aromatic N) is 3. The molecule has 1 aliphatic heterocycles. The Morgan fingerprint density at radius 3 is 3.12 bits per heavy atom. The van der Waals surface area contributed by atoms with Gasteiger partial charge in [0.25, 0.3) is 0 Å². The zero-order valence-electron chi connectivity index (χ0n) is 14.6. The number of fused-ring (bicyclic) bond motifs is 2. The van der Waals surface area contributed by atoms with Gasteiger partial charge in [0.05, 0.1) is 12.7 Å². The van der Waals surface area contributed by atoms with Gasteiger partial charge >= 0.3 is 0 Å². The van der Waals surface area contributed by atoms with Gasteiger partial charge in [0.2, 0.25) is 5.91 Å². The quantitative estimate of drug-likeness (QED) is 0.793. The summed E-state index contributed by atoms with van der Waals surface area (Å²) >= 11 is 0. The van der Waals surface area contributed by atoms with Gasteiger partial charge < -0.3 is 14.3 Å². The Hall–Kier alpha value is -2.63. The van der Waals surface area contributed by atoms with E-state index in [1.807, 2.05) is 25.1 Å². The molecule has 0 radical (unpaired) electrons. The van der Waals surface area contributed by atoms with Crippen molar-refractivity contribution in [3.63, 3.8) is 0 Å². The average Bonchev–Trinajstić information content (AvgIpc) is 3.18. The Bertz CT molecular complexity index is 911. The lowest BCUT2D eigenvalue weighted by Crippen LogP contribution is -2.42. The second kappa shape index (κ2) is 6.35. The van der Waals surface area contributed by atoms with Crippen LogP contribution in [0.15, 0.2) is 28.9 Å². The van der Waals surface area contributed by atoms with E-state index in [1.54, 1.807) is 6.26 Å². The average molecular weight is 338 g/mol. The maximum atomic E-state index is 12.5. The van der Waals surface area contributed by atoms with Crippen LogP contribution in [-0.2, 0) is 30.6 Å². The smallest absolute Gasteiger partial charge is 0.224 e.